The van der Waals surface area contributed by atoms with Crippen LogP contribution in [0.1, 0.15) is 62.0 Å². The van der Waals surface area contributed by atoms with Gasteiger partial charge in [0.1, 0.15) is 0 Å². The third kappa shape index (κ3) is 5.13. The molecule has 0 aromatic carbocycles. The molecule has 1 aromatic heterocycles. The van der Waals surface area contributed by atoms with E-state index in [1.165, 1.54) is 17.8 Å². The van der Waals surface area contributed by atoms with Crippen molar-refractivity contribution in [1.29, 1.82) is 0 Å². The van der Waals surface area contributed by atoms with E-state index >= 15 is 0 Å². The van der Waals surface area contributed by atoms with Gasteiger partial charge in [0.05, 0.1) is 10.8 Å². The summed E-state index contributed by atoms with van der Waals surface area (Å²) in [5.41, 5.74) is 0. The number of esters is 1. The molecule has 0 radical (unpaired) electrons. The second-order valence-corrected chi connectivity index (χ2v) is 8.95. The Bertz CT molecular complexity index is 683. The van der Waals surface area contributed by atoms with Gasteiger partial charge in [-0.2, -0.15) is 0 Å². The number of piperidine rings is 1. The molecule has 2 amide bonds. The van der Waals surface area contributed by atoms with E-state index in [4.69, 9.17) is 4.74 Å². The van der Waals surface area contributed by atoms with Crippen molar-refractivity contribution in [3.8, 4) is 0 Å². The van der Waals surface area contributed by atoms with E-state index < -0.39 is 6.10 Å². The molecule has 3 rings (SSSR count). The fourth-order valence-corrected chi connectivity index (χ4v) is 4.72. The first kappa shape index (κ1) is 20.8. The van der Waals surface area contributed by atoms with Gasteiger partial charge >= 0.3 is 5.97 Å². The van der Waals surface area contributed by atoms with Crippen LogP contribution in [0.25, 0.3) is 0 Å². The highest BCUT2D eigenvalue weighted by Gasteiger charge is 2.32. The van der Waals surface area contributed by atoms with Crippen molar-refractivity contribution < 1.29 is 19.1 Å². The number of amides is 2. The van der Waals surface area contributed by atoms with E-state index in [0.717, 1.165) is 24.1 Å². The molecule has 7 heteroatoms. The Morgan fingerprint density at radius 1 is 1.18 bits per heavy atom. The van der Waals surface area contributed by atoms with Gasteiger partial charge in [0.25, 0.3) is 11.8 Å². The van der Waals surface area contributed by atoms with Crippen LogP contribution in [0.5, 0.6) is 0 Å². The van der Waals surface area contributed by atoms with Crippen molar-refractivity contribution >= 4 is 29.1 Å². The number of thiophene rings is 1. The molecule has 1 aliphatic carbocycles. The van der Waals surface area contributed by atoms with Crippen LogP contribution < -0.4 is 5.32 Å². The first-order valence-electron chi connectivity index (χ1n) is 10.3. The van der Waals surface area contributed by atoms with Gasteiger partial charge in [-0.1, -0.05) is 25.8 Å². The first-order valence-corrected chi connectivity index (χ1v) is 11.2. The lowest BCUT2D eigenvalue weighted by Gasteiger charge is -2.32. The fraction of sp³-hybridized carbons (Fsp3) is 0.667. The summed E-state index contributed by atoms with van der Waals surface area (Å²) in [6, 6.07) is 3.86. The highest BCUT2D eigenvalue weighted by molar-refractivity contribution is 7.12. The van der Waals surface area contributed by atoms with Crippen LogP contribution >= 0.6 is 11.3 Å². The van der Waals surface area contributed by atoms with Crippen LogP contribution in [0.2, 0.25) is 0 Å². The Labute approximate surface area is 170 Å². The van der Waals surface area contributed by atoms with Crippen molar-refractivity contribution in [1.82, 2.24) is 10.2 Å². The molecular formula is C21H30N2O4S. The number of likely N-dealkylation sites (tertiary alicyclic amines) is 1. The number of hydrogen-bond donors (Lipinski definition) is 1. The molecule has 2 aliphatic rings. The molecule has 154 valence electrons. The molecule has 3 atom stereocenters. The minimum atomic E-state index is -0.785. The molecule has 6 nitrogen and oxygen atoms in total. The summed E-state index contributed by atoms with van der Waals surface area (Å²) >= 11 is 1.43. The van der Waals surface area contributed by atoms with Gasteiger partial charge in [-0.25, -0.2) is 0 Å². The van der Waals surface area contributed by atoms with Crippen LogP contribution in [-0.2, 0) is 14.3 Å². The zero-order valence-corrected chi connectivity index (χ0v) is 17.5. The number of carbonyl (C=O) groups excluding carboxylic acids is 3. The lowest BCUT2D eigenvalue weighted by molar-refractivity contribution is -0.160. The molecule has 1 N–H and O–H groups in total. The maximum absolute atomic E-state index is 12.5. The summed E-state index contributed by atoms with van der Waals surface area (Å²) in [5, 5.41) is 4.93. The number of carbonyl (C=O) groups is 3. The summed E-state index contributed by atoms with van der Waals surface area (Å²) in [4.78, 5) is 39.8. The minimum absolute atomic E-state index is 0.0242. The van der Waals surface area contributed by atoms with E-state index in [2.05, 4.69) is 12.2 Å². The fourth-order valence-electron chi connectivity index (χ4n) is 4.03. The second kappa shape index (κ2) is 9.54. The Balaban J connectivity index is 1.43. The smallest absolute Gasteiger partial charge is 0.309 e. The predicted molar refractivity (Wildman–Crippen MR) is 108 cm³/mol. The van der Waals surface area contributed by atoms with E-state index in [9.17, 15) is 14.4 Å². The summed E-state index contributed by atoms with van der Waals surface area (Å²) < 4.78 is 5.44. The number of nitrogens with one attached hydrogen (secondary N) is 1. The third-order valence-corrected chi connectivity index (χ3v) is 6.81. The Hall–Kier alpha value is -1.89. The van der Waals surface area contributed by atoms with Crippen molar-refractivity contribution in [3.05, 3.63) is 22.4 Å². The van der Waals surface area contributed by atoms with Crippen molar-refractivity contribution in [3.63, 3.8) is 0 Å². The van der Waals surface area contributed by atoms with Crippen LogP contribution in [-0.4, -0.2) is 47.9 Å². The molecule has 28 heavy (non-hydrogen) atoms. The monoisotopic (exact) mass is 406 g/mol. The van der Waals surface area contributed by atoms with Crippen LogP contribution in [0.3, 0.4) is 0 Å². The number of rotatable bonds is 5. The SMILES string of the molecule is C[C@@H](OC(=O)C1CCN(C(=O)c2cccs2)CC1)C(=O)N[C@H]1CCCC[C@@H]1C. The van der Waals surface area contributed by atoms with Gasteiger partial charge < -0.3 is 15.0 Å². The molecule has 0 spiro atoms. The third-order valence-electron chi connectivity index (χ3n) is 5.95. The van der Waals surface area contributed by atoms with Crippen LogP contribution in [0.15, 0.2) is 17.5 Å². The molecule has 0 unspecified atom stereocenters. The first-order chi connectivity index (χ1) is 13.5. The molecule has 1 saturated heterocycles. The number of hydrogen-bond acceptors (Lipinski definition) is 5. The Morgan fingerprint density at radius 3 is 2.54 bits per heavy atom. The van der Waals surface area contributed by atoms with Gasteiger partial charge in [-0.15, -0.1) is 11.3 Å². The highest BCUT2D eigenvalue weighted by atomic mass is 32.1. The molecule has 2 fully saturated rings. The molecule has 0 bridgehead atoms. The molecule has 2 heterocycles. The molecule has 1 aliphatic heterocycles. The van der Waals surface area contributed by atoms with Gasteiger partial charge in [0.15, 0.2) is 6.10 Å². The Morgan fingerprint density at radius 2 is 1.89 bits per heavy atom. The van der Waals surface area contributed by atoms with Gasteiger partial charge in [-0.05, 0) is 50.0 Å². The minimum Gasteiger partial charge on any atom is -0.452 e. The standard InChI is InChI=1S/C21H30N2O4S/c1-14-6-3-4-7-17(14)22-19(24)15(2)27-21(26)16-9-11-23(12-10-16)20(25)18-8-5-13-28-18/h5,8,13-17H,3-4,6-7,9-12H2,1-2H3,(H,22,24)/t14-,15+,17-/m0/s1. The number of nitrogens with zero attached hydrogens (tertiary/aromatic N) is 1. The van der Waals surface area contributed by atoms with Crippen LogP contribution in [0.4, 0.5) is 0 Å². The largest absolute Gasteiger partial charge is 0.452 e. The average molecular weight is 407 g/mol. The predicted octanol–water partition coefficient (Wildman–Crippen LogP) is 3.23. The highest BCUT2D eigenvalue weighted by Crippen LogP contribution is 2.24. The average Bonchev–Trinajstić information content (AvgIpc) is 3.24. The molecule has 1 saturated carbocycles. The van der Waals surface area contributed by atoms with E-state index in [-0.39, 0.29) is 29.7 Å². The summed E-state index contributed by atoms with van der Waals surface area (Å²) in [6.45, 7) is 4.87. The zero-order valence-electron chi connectivity index (χ0n) is 16.7. The summed E-state index contributed by atoms with van der Waals surface area (Å²) in [7, 11) is 0. The van der Waals surface area contributed by atoms with Gasteiger partial charge in [0.2, 0.25) is 0 Å². The molecule has 1 aromatic rings. The van der Waals surface area contributed by atoms with E-state index in [0.29, 0.717) is 31.8 Å². The normalized spacial score (nSPS) is 24.4. The Kier molecular flexibility index (Phi) is 7.10. The topological polar surface area (TPSA) is 75.7 Å². The lowest BCUT2D eigenvalue weighted by atomic mass is 9.86. The maximum atomic E-state index is 12.5. The maximum Gasteiger partial charge on any atom is 0.309 e. The van der Waals surface area contributed by atoms with Crippen molar-refractivity contribution in [2.45, 2.75) is 64.5 Å². The van der Waals surface area contributed by atoms with Crippen molar-refractivity contribution in [2.24, 2.45) is 11.8 Å². The summed E-state index contributed by atoms with van der Waals surface area (Å²) in [6.07, 6.45) is 4.82. The van der Waals surface area contributed by atoms with Crippen molar-refractivity contribution in [2.75, 3.05) is 13.1 Å². The lowest BCUT2D eigenvalue weighted by Crippen LogP contribution is -2.47. The summed E-state index contributed by atoms with van der Waals surface area (Å²) in [5.74, 6) is -0.307. The molecular weight excluding hydrogens is 376 g/mol. The zero-order chi connectivity index (χ0) is 20.1. The quantitative estimate of drug-likeness (QED) is 0.762. The van der Waals surface area contributed by atoms with Crippen LogP contribution in [0, 0.1) is 11.8 Å². The van der Waals surface area contributed by atoms with Gasteiger partial charge in [0, 0.05) is 19.1 Å². The van der Waals surface area contributed by atoms with E-state index in [1.54, 1.807) is 11.8 Å². The van der Waals surface area contributed by atoms with E-state index in [1.807, 2.05) is 17.5 Å². The van der Waals surface area contributed by atoms with Gasteiger partial charge in [-0.3, -0.25) is 14.4 Å². The second-order valence-electron chi connectivity index (χ2n) is 8.00. The number of ether oxygens (including phenoxy) is 1.